The van der Waals surface area contributed by atoms with Gasteiger partial charge in [0.25, 0.3) is 0 Å². The van der Waals surface area contributed by atoms with Crippen molar-refractivity contribution in [2.75, 3.05) is 0 Å². The highest BCUT2D eigenvalue weighted by molar-refractivity contribution is 5.99. The molecule has 0 fully saturated rings. The molecule has 0 bridgehead atoms. The van der Waals surface area contributed by atoms with Gasteiger partial charge in [-0.15, -0.1) is 0 Å². The minimum absolute atomic E-state index is 0.211. The summed E-state index contributed by atoms with van der Waals surface area (Å²) in [5, 5.41) is 2.74. The van der Waals surface area contributed by atoms with Gasteiger partial charge in [-0.1, -0.05) is 42.8 Å². The van der Waals surface area contributed by atoms with Crippen LogP contribution >= 0.6 is 0 Å². The topological polar surface area (TPSA) is 46.5 Å². The number of aryl methyl sites for hydroxylation is 1. The van der Waals surface area contributed by atoms with Crippen molar-refractivity contribution in [3.63, 3.8) is 0 Å². The average Bonchev–Trinajstić information content (AvgIpc) is 2.35. The Morgan fingerprint density at radius 2 is 1.94 bits per heavy atom. The number of nitroso groups, excluding NO2 is 1. The summed E-state index contributed by atoms with van der Waals surface area (Å²) in [5.74, 6) is -0.211. The minimum atomic E-state index is -0.790. The molecule has 0 aromatic heterocycles. The van der Waals surface area contributed by atoms with Crippen LogP contribution in [0.15, 0.2) is 29.4 Å². The lowest BCUT2D eigenvalue weighted by atomic mass is 10.0. The second-order valence-electron chi connectivity index (χ2n) is 3.95. The van der Waals surface area contributed by atoms with Gasteiger partial charge < -0.3 is 0 Å². The zero-order valence-electron chi connectivity index (χ0n) is 9.77. The van der Waals surface area contributed by atoms with E-state index in [4.69, 9.17) is 0 Å². The molecular formula is C13H17NO2. The third-order valence-electron chi connectivity index (χ3n) is 2.60. The zero-order valence-corrected chi connectivity index (χ0v) is 9.77. The second kappa shape index (κ2) is 6.16. The number of rotatable bonds is 6. The Hall–Kier alpha value is -1.51. The van der Waals surface area contributed by atoms with Gasteiger partial charge in [-0.2, -0.15) is 4.91 Å². The summed E-state index contributed by atoms with van der Waals surface area (Å²) < 4.78 is 0. The predicted octanol–water partition coefficient (Wildman–Crippen LogP) is 3.37. The van der Waals surface area contributed by atoms with E-state index in [1.54, 1.807) is 12.1 Å². The zero-order chi connectivity index (χ0) is 12.0. The van der Waals surface area contributed by atoms with Gasteiger partial charge >= 0.3 is 0 Å². The molecule has 0 radical (unpaired) electrons. The van der Waals surface area contributed by atoms with E-state index in [0.29, 0.717) is 5.56 Å². The van der Waals surface area contributed by atoms with Crippen LogP contribution in [0.5, 0.6) is 0 Å². The number of nitrogens with zero attached hydrogens (tertiary/aromatic N) is 1. The van der Waals surface area contributed by atoms with E-state index in [0.717, 1.165) is 19.3 Å². The van der Waals surface area contributed by atoms with Crippen LogP contribution < -0.4 is 0 Å². The van der Waals surface area contributed by atoms with E-state index in [9.17, 15) is 9.70 Å². The highest BCUT2D eigenvalue weighted by Crippen LogP contribution is 2.10. The summed E-state index contributed by atoms with van der Waals surface area (Å²) >= 11 is 0. The van der Waals surface area contributed by atoms with Gasteiger partial charge in [0.05, 0.1) is 0 Å². The molecule has 0 saturated carbocycles. The van der Waals surface area contributed by atoms with Crippen molar-refractivity contribution in [2.45, 2.75) is 39.2 Å². The molecule has 3 heteroatoms. The molecule has 1 rings (SSSR count). The van der Waals surface area contributed by atoms with Crippen LogP contribution in [0, 0.1) is 4.91 Å². The number of hydrogen-bond acceptors (Lipinski definition) is 3. The fourth-order valence-electron chi connectivity index (χ4n) is 1.51. The summed E-state index contributed by atoms with van der Waals surface area (Å²) in [4.78, 5) is 21.9. The van der Waals surface area contributed by atoms with Gasteiger partial charge in [0.1, 0.15) is 0 Å². The van der Waals surface area contributed by atoms with Crippen LogP contribution in [0.2, 0.25) is 0 Å². The van der Waals surface area contributed by atoms with E-state index in [1.165, 1.54) is 12.5 Å². The maximum atomic E-state index is 11.6. The first kappa shape index (κ1) is 12.6. The SMILES string of the molecule is CCCCc1ccc(C(=O)C(C)N=O)cc1. The first-order valence-corrected chi connectivity index (χ1v) is 5.64. The van der Waals surface area contributed by atoms with Gasteiger partial charge in [0.2, 0.25) is 0 Å². The Balaban J connectivity index is 2.70. The van der Waals surface area contributed by atoms with Crippen LogP contribution in [0.4, 0.5) is 0 Å². The Labute approximate surface area is 95.8 Å². The maximum Gasteiger partial charge on any atom is 0.190 e. The average molecular weight is 219 g/mol. The molecule has 0 aliphatic rings. The molecule has 0 heterocycles. The first-order valence-electron chi connectivity index (χ1n) is 5.64. The van der Waals surface area contributed by atoms with Crippen LogP contribution in [0.1, 0.15) is 42.6 Å². The lowest BCUT2D eigenvalue weighted by Gasteiger charge is -2.04. The molecule has 86 valence electrons. The number of ketones is 1. The van der Waals surface area contributed by atoms with Crippen LogP contribution in [0.25, 0.3) is 0 Å². The number of hydrogen-bond donors (Lipinski definition) is 0. The molecule has 3 nitrogen and oxygen atoms in total. The molecule has 0 amide bonds. The van der Waals surface area contributed by atoms with E-state index >= 15 is 0 Å². The normalized spacial score (nSPS) is 12.1. The fraction of sp³-hybridized carbons (Fsp3) is 0.462. The molecule has 0 spiro atoms. The molecule has 1 atom stereocenters. The highest BCUT2D eigenvalue weighted by atomic mass is 16.3. The van der Waals surface area contributed by atoms with E-state index in [1.807, 2.05) is 12.1 Å². The third kappa shape index (κ3) is 3.26. The standard InChI is InChI=1S/C13H17NO2/c1-3-4-5-11-6-8-12(9-7-11)13(15)10(2)14-16/h6-10H,3-5H2,1-2H3. The molecule has 1 aromatic carbocycles. The molecule has 16 heavy (non-hydrogen) atoms. The molecular weight excluding hydrogens is 202 g/mol. The third-order valence-corrected chi connectivity index (χ3v) is 2.60. The number of benzene rings is 1. The molecule has 0 aliphatic carbocycles. The largest absolute Gasteiger partial charge is 0.292 e. The maximum absolute atomic E-state index is 11.6. The van der Waals surface area contributed by atoms with Gasteiger partial charge in [0, 0.05) is 5.56 Å². The van der Waals surface area contributed by atoms with Crippen molar-refractivity contribution >= 4 is 5.78 Å². The number of Topliss-reactive ketones (excluding diaryl/α,β-unsaturated/α-hetero) is 1. The number of unbranched alkanes of at least 4 members (excludes halogenated alkanes) is 1. The summed E-state index contributed by atoms with van der Waals surface area (Å²) in [6.45, 7) is 3.66. The number of carbonyl (C=O) groups is 1. The summed E-state index contributed by atoms with van der Waals surface area (Å²) in [7, 11) is 0. The Morgan fingerprint density at radius 3 is 2.44 bits per heavy atom. The minimum Gasteiger partial charge on any atom is -0.292 e. The van der Waals surface area contributed by atoms with Gasteiger partial charge in [0.15, 0.2) is 11.8 Å². The highest BCUT2D eigenvalue weighted by Gasteiger charge is 2.14. The first-order chi connectivity index (χ1) is 7.69. The summed E-state index contributed by atoms with van der Waals surface area (Å²) in [6, 6.07) is 6.65. The molecule has 0 N–H and O–H groups in total. The molecule has 1 unspecified atom stereocenters. The van der Waals surface area contributed by atoms with E-state index in [2.05, 4.69) is 12.1 Å². The van der Waals surface area contributed by atoms with Crippen molar-refractivity contribution in [2.24, 2.45) is 5.18 Å². The molecule has 1 aromatic rings. The lowest BCUT2D eigenvalue weighted by molar-refractivity contribution is 0.0968. The van der Waals surface area contributed by atoms with Gasteiger partial charge in [-0.3, -0.25) is 4.79 Å². The van der Waals surface area contributed by atoms with Crippen molar-refractivity contribution < 1.29 is 4.79 Å². The van der Waals surface area contributed by atoms with Gasteiger partial charge in [-0.05, 0) is 25.3 Å². The Kier molecular flexibility index (Phi) is 4.83. The van der Waals surface area contributed by atoms with Crippen molar-refractivity contribution in [3.05, 3.63) is 40.3 Å². The molecule has 0 aliphatic heterocycles. The van der Waals surface area contributed by atoms with E-state index in [-0.39, 0.29) is 5.78 Å². The van der Waals surface area contributed by atoms with Crippen molar-refractivity contribution in [1.82, 2.24) is 0 Å². The second-order valence-corrected chi connectivity index (χ2v) is 3.95. The Bertz CT molecular complexity index is 357. The van der Waals surface area contributed by atoms with E-state index < -0.39 is 6.04 Å². The molecule has 0 saturated heterocycles. The van der Waals surface area contributed by atoms with Crippen LogP contribution in [0.3, 0.4) is 0 Å². The van der Waals surface area contributed by atoms with Gasteiger partial charge in [-0.25, -0.2) is 0 Å². The quantitative estimate of drug-likeness (QED) is 0.544. The van der Waals surface area contributed by atoms with Crippen molar-refractivity contribution in [1.29, 1.82) is 0 Å². The predicted molar refractivity (Wildman–Crippen MR) is 64.6 cm³/mol. The van der Waals surface area contributed by atoms with Crippen LogP contribution in [-0.2, 0) is 6.42 Å². The fourth-order valence-corrected chi connectivity index (χ4v) is 1.51. The van der Waals surface area contributed by atoms with Crippen molar-refractivity contribution in [3.8, 4) is 0 Å². The summed E-state index contributed by atoms with van der Waals surface area (Å²) in [6.07, 6.45) is 3.35. The van der Waals surface area contributed by atoms with Crippen LogP contribution in [-0.4, -0.2) is 11.8 Å². The Morgan fingerprint density at radius 1 is 1.31 bits per heavy atom. The monoisotopic (exact) mass is 219 g/mol. The smallest absolute Gasteiger partial charge is 0.190 e. The lowest BCUT2D eigenvalue weighted by Crippen LogP contribution is -2.13. The summed E-state index contributed by atoms with van der Waals surface area (Å²) in [5.41, 5.74) is 1.79. The number of carbonyl (C=O) groups excluding carboxylic acids is 1.